The molecule has 0 aliphatic heterocycles. The number of ether oxygens (including phenoxy) is 3. The van der Waals surface area contributed by atoms with Gasteiger partial charge in [0, 0.05) is 34.7 Å². The van der Waals surface area contributed by atoms with E-state index in [0.29, 0.717) is 34.8 Å². The Morgan fingerprint density at radius 1 is 1.07 bits per heavy atom. The first-order valence-electron chi connectivity index (χ1n) is 10.3. The highest BCUT2D eigenvalue weighted by molar-refractivity contribution is 9.09. The number of hydrogen-bond donors (Lipinski definition) is 1. The van der Waals surface area contributed by atoms with Gasteiger partial charge in [-0.05, 0) is 24.2 Å². The third kappa shape index (κ3) is 3.36. The lowest BCUT2D eigenvalue weighted by molar-refractivity contribution is -0.0925. The highest BCUT2D eigenvalue weighted by Crippen LogP contribution is 2.57. The number of methoxy groups -OCH3 is 3. The zero-order chi connectivity index (χ0) is 21.7. The molecule has 0 aromatic heterocycles. The molecular formula is C23H33BrO5. The molecular weight excluding hydrogens is 436 g/mol. The van der Waals surface area contributed by atoms with Gasteiger partial charge in [0.15, 0.2) is 17.3 Å². The van der Waals surface area contributed by atoms with Crippen LogP contribution >= 0.6 is 15.9 Å². The van der Waals surface area contributed by atoms with E-state index < -0.39 is 5.60 Å². The lowest BCUT2D eigenvalue weighted by Crippen LogP contribution is -2.56. The number of halogens is 1. The first-order chi connectivity index (χ1) is 13.5. The Kier molecular flexibility index (Phi) is 6.00. The Hall–Kier alpha value is -1.27. The smallest absolute Gasteiger partial charge is 0.168 e. The molecule has 0 saturated heterocycles. The van der Waals surface area contributed by atoms with Crippen LogP contribution in [0.15, 0.2) is 0 Å². The third-order valence-corrected chi connectivity index (χ3v) is 8.20. The number of aliphatic hydroxyl groups is 1. The topological polar surface area (TPSA) is 65.0 Å². The number of carbonyl (C=O) groups is 1. The van der Waals surface area contributed by atoms with Gasteiger partial charge in [0.05, 0.1) is 32.5 Å². The van der Waals surface area contributed by atoms with Crippen molar-refractivity contribution in [3.05, 3.63) is 16.7 Å². The van der Waals surface area contributed by atoms with Crippen LogP contribution in [0.4, 0.5) is 0 Å². The van der Waals surface area contributed by atoms with Crippen molar-refractivity contribution < 1.29 is 24.1 Å². The van der Waals surface area contributed by atoms with E-state index in [0.717, 1.165) is 18.4 Å². The molecule has 162 valence electrons. The molecule has 1 saturated carbocycles. The van der Waals surface area contributed by atoms with Crippen molar-refractivity contribution in [2.75, 3.05) is 21.3 Å². The SMILES string of the molecule is COc1c2c(c(OC)c(C(C)C)c1OC)C(=O)C[C@H]1C(C)(C)CC[C@H](Br)[C@]1(O)C2. The minimum atomic E-state index is -1.06. The molecule has 0 heterocycles. The third-order valence-electron chi connectivity index (χ3n) is 6.95. The van der Waals surface area contributed by atoms with Crippen molar-refractivity contribution in [1.82, 2.24) is 0 Å². The summed E-state index contributed by atoms with van der Waals surface area (Å²) in [5, 5.41) is 11.9. The zero-order valence-electron chi connectivity index (χ0n) is 18.5. The van der Waals surface area contributed by atoms with Gasteiger partial charge in [0.2, 0.25) is 0 Å². The largest absolute Gasteiger partial charge is 0.496 e. The summed E-state index contributed by atoms with van der Waals surface area (Å²) in [6, 6.07) is 0. The Bertz CT molecular complexity index is 816. The van der Waals surface area contributed by atoms with E-state index >= 15 is 0 Å². The molecule has 6 heteroatoms. The van der Waals surface area contributed by atoms with Gasteiger partial charge in [0.1, 0.15) is 5.75 Å². The van der Waals surface area contributed by atoms with Crippen molar-refractivity contribution >= 4 is 21.7 Å². The summed E-state index contributed by atoms with van der Waals surface area (Å²) in [7, 11) is 4.77. The van der Waals surface area contributed by atoms with Crippen molar-refractivity contribution in [3.8, 4) is 17.2 Å². The van der Waals surface area contributed by atoms with Gasteiger partial charge in [-0.15, -0.1) is 0 Å². The highest BCUT2D eigenvalue weighted by Gasteiger charge is 2.56. The van der Waals surface area contributed by atoms with E-state index in [9.17, 15) is 9.90 Å². The fourth-order valence-electron chi connectivity index (χ4n) is 5.44. The lowest BCUT2D eigenvalue weighted by atomic mass is 9.59. The molecule has 1 aromatic rings. The predicted octanol–water partition coefficient (Wildman–Crippen LogP) is 4.90. The Morgan fingerprint density at radius 3 is 2.17 bits per heavy atom. The molecule has 3 atom stereocenters. The van der Waals surface area contributed by atoms with Gasteiger partial charge in [-0.25, -0.2) is 0 Å². The Labute approximate surface area is 182 Å². The standard InChI is InChI=1S/C23H33BrO5/c1-12(2)17-20(28-6)18-13(19(27-5)21(17)29-7)11-23(26)15(10-14(18)25)22(3,4)9-8-16(23)24/h12,15-16,26H,8-11H2,1-7H3/t15-,16-,23-/m0/s1. The second kappa shape index (κ2) is 7.77. The summed E-state index contributed by atoms with van der Waals surface area (Å²) in [5.74, 6) is 1.54. The number of fused-ring (bicyclic) bond motifs is 2. The van der Waals surface area contributed by atoms with E-state index in [-0.39, 0.29) is 34.3 Å². The van der Waals surface area contributed by atoms with Crippen LogP contribution in [0.1, 0.15) is 74.4 Å². The van der Waals surface area contributed by atoms with E-state index in [1.54, 1.807) is 21.3 Å². The van der Waals surface area contributed by atoms with E-state index in [4.69, 9.17) is 14.2 Å². The van der Waals surface area contributed by atoms with Gasteiger partial charge in [-0.1, -0.05) is 43.6 Å². The first-order valence-corrected chi connectivity index (χ1v) is 11.2. The molecule has 5 nitrogen and oxygen atoms in total. The Morgan fingerprint density at radius 2 is 1.66 bits per heavy atom. The van der Waals surface area contributed by atoms with E-state index in [2.05, 4.69) is 29.8 Å². The molecule has 0 radical (unpaired) electrons. The monoisotopic (exact) mass is 468 g/mol. The minimum Gasteiger partial charge on any atom is -0.496 e. The maximum Gasteiger partial charge on any atom is 0.168 e. The molecule has 0 unspecified atom stereocenters. The van der Waals surface area contributed by atoms with Gasteiger partial charge in [-0.3, -0.25) is 4.79 Å². The molecule has 2 aliphatic carbocycles. The molecule has 1 fully saturated rings. The summed E-state index contributed by atoms with van der Waals surface area (Å²) in [4.78, 5) is 13.5. The number of carbonyl (C=O) groups excluding carboxylic acids is 1. The number of benzene rings is 1. The van der Waals surface area contributed by atoms with Crippen molar-refractivity contribution in [2.24, 2.45) is 11.3 Å². The normalized spacial score (nSPS) is 28.4. The zero-order valence-corrected chi connectivity index (χ0v) is 20.1. The quantitative estimate of drug-likeness (QED) is 0.636. The van der Waals surface area contributed by atoms with Crippen LogP contribution in [-0.2, 0) is 6.42 Å². The second-order valence-corrected chi connectivity index (χ2v) is 10.5. The predicted molar refractivity (Wildman–Crippen MR) is 117 cm³/mol. The van der Waals surface area contributed by atoms with Crippen LogP contribution in [0, 0.1) is 11.3 Å². The number of ketones is 1. The molecule has 0 bridgehead atoms. The van der Waals surface area contributed by atoms with Gasteiger partial charge < -0.3 is 19.3 Å². The summed E-state index contributed by atoms with van der Waals surface area (Å²) in [6.45, 7) is 8.38. The minimum absolute atomic E-state index is 0.00435. The van der Waals surface area contributed by atoms with Gasteiger partial charge in [0.25, 0.3) is 0 Å². The van der Waals surface area contributed by atoms with Crippen molar-refractivity contribution in [2.45, 2.75) is 69.7 Å². The van der Waals surface area contributed by atoms with Crippen molar-refractivity contribution in [3.63, 3.8) is 0 Å². The maximum absolute atomic E-state index is 13.6. The molecule has 2 aliphatic rings. The van der Waals surface area contributed by atoms with Crippen LogP contribution in [0.25, 0.3) is 0 Å². The first kappa shape index (κ1) is 22.4. The molecule has 1 N–H and O–H groups in total. The maximum atomic E-state index is 13.6. The Balaban J connectivity index is 2.37. The summed E-state index contributed by atoms with van der Waals surface area (Å²) < 4.78 is 17.3. The second-order valence-electron chi connectivity index (χ2n) is 9.36. The molecule has 1 aromatic carbocycles. The van der Waals surface area contributed by atoms with Crippen LogP contribution < -0.4 is 14.2 Å². The van der Waals surface area contributed by atoms with E-state index in [1.807, 2.05) is 13.8 Å². The fraction of sp³-hybridized carbons (Fsp3) is 0.696. The number of hydrogen-bond acceptors (Lipinski definition) is 5. The molecule has 29 heavy (non-hydrogen) atoms. The van der Waals surface area contributed by atoms with Crippen molar-refractivity contribution in [1.29, 1.82) is 0 Å². The summed E-state index contributed by atoms with van der Waals surface area (Å²) in [6.07, 6.45) is 2.40. The highest BCUT2D eigenvalue weighted by atomic mass is 79.9. The fourth-order valence-corrected chi connectivity index (χ4v) is 6.15. The lowest BCUT2D eigenvalue weighted by Gasteiger charge is -2.51. The van der Waals surface area contributed by atoms with Crippen LogP contribution in [0.2, 0.25) is 0 Å². The van der Waals surface area contributed by atoms with Crippen LogP contribution in [0.3, 0.4) is 0 Å². The average molecular weight is 469 g/mol. The summed E-state index contributed by atoms with van der Waals surface area (Å²) >= 11 is 3.74. The van der Waals surface area contributed by atoms with E-state index in [1.165, 1.54) is 0 Å². The van der Waals surface area contributed by atoms with Gasteiger partial charge >= 0.3 is 0 Å². The average Bonchev–Trinajstić information content (AvgIpc) is 2.78. The van der Waals surface area contributed by atoms with Crippen LogP contribution in [-0.4, -0.2) is 42.6 Å². The molecule has 0 amide bonds. The van der Waals surface area contributed by atoms with Crippen LogP contribution in [0.5, 0.6) is 17.2 Å². The summed E-state index contributed by atoms with van der Waals surface area (Å²) in [5.41, 5.74) is 0.827. The molecule has 0 spiro atoms. The van der Waals surface area contributed by atoms with Gasteiger partial charge in [-0.2, -0.15) is 0 Å². The molecule has 3 rings (SSSR count). The number of alkyl halides is 1. The number of Topliss-reactive ketones (excluding diaryl/α,β-unsaturated/α-hetero) is 1. The number of rotatable bonds is 4.